The summed E-state index contributed by atoms with van der Waals surface area (Å²) in [5.41, 5.74) is -0.137. The number of rotatable bonds is 4. The highest BCUT2D eigenvalue weighted by atomic mass is 16.5. The minimum atomic E-state index is -0.472. The Kier molecular flexibility index (Phi) is 3.16. The van der Waals surface area contributed by atoms with E-state index in [9.17, 15) is 9.59 Å². The van der Waals surface area contributed by atoms with Gasteiger partial charge in [0.2, 0.25) is 5.89 Å². The van der Waals surface area contributed by atoms with Crippen molar-refractivity contribution in [2.75, 3.05) is 0 Å². The molecule has 0 bridgehead atoms. The molecule has 0 unspecified atom stereocenters. The van der Waals surface area contributed by atoms with Crippen LogP contribution in [0.3, 0.4) is 0 Å². The number of aromatic nitrogens is 6. The zero-order chi connectivity index (χ0) is 15.0. The third-order valence-electron chi connectivity index (χ3n) is 3.25. The van der Waals surface area contributed by atoms with Crippen LogP contribution in [0.25, 0.3) is 11.2 Å². The second kappa shape index (κ2) is 5.00. The lowest BCUT2D eigenvalue weighted by Crippen LogP contribution is -2.29. The summed E-state index contributed by atoms with van der Waals surface area (Å²) < 4.78 is 7.94. The Morgan fingerprint density at radius 1 is 1.38 bits per heavy atom. The number of fused-ring (bicyclic) bond motifs is 1. The van der Waals surface area contributed by atoms with Gasteiger partial charge in [-0.1, -0.05) is 5.16 Å². The van der Waals surface area contributed by atoms with Crippen LogP contribution >= 0.6 is 0 Å². The summed E-state index contributed by atoms with van der Waals surface area (Å²) in [6, 6.07) is 0. The third-order valence-corrected chi connectivity index (χ3v) is 3.25. The number of nitrogens with zero attached hydrogens (tertiary/aromatic N) is 5. The van der Waals surface area contributed by atoms with Crippen molar-refractivity contribution < 1.29 is 4.52 Å². The largest absolute Gasteiger partial charge is 0.340 e. The van der Waals surface area contributed by atoms with E-state index in [4.69, 9.17) is 4.52 Å². The average Bonchev–Trinajstić information content (AvgIpc) is 3.03. The van der Waals surface area contributed by atoms with Gasteiger partial charge >= 0.3 is 5.69 Å². The molecule has 0 aliphatic carbocycles. The summed E-state index contributed by atoms with van der Waals surface area (Å²) in [6.45, 7) is 2.31. The molecule has 9 heteroatoms. The van der Waals surface area contributed by atoms with Gasteiger partial charge in [0.05, 0.1) is 6.33 Å². The first-order valence-electron chi connectivity index (χ1n) is 6.49. The van der Waals surface area contributed by atoms with Crippen molar-refractivity contribution in [2.45, 2.75) is 26.3 Å². The number of imidazole rings is 1. The van der Waals surface area contributed by atoms with Gasteiger partial charge in [0.1, 0.15) is 0 Å². The Bertz CT molecular complexity index is 900. The highest BCUT2D eigenvalue weighted by Crippen LogP contribution is 2.07. The van der Waals surface area contributed by atoms with Gasteiger partial charge in [-0.3, -0.25) is 14.3 Å². The van der Waals surface area contributed by atoms with Crippen molar-refractivity contribution in [3.8, 4) is 0 Å². The normalized spacial score (nSPS) is 11.3. The van der Waals surface area contributed by atoms with E-state index < -0.39 is 11.2 Å². The van der Waals surface area contributed by atoms with Crippen molar-refractivity contribution in [3.63, 3.8) is 0 Å². The molecule has 0 atom stereocenters. The summed E-state index contributed by atoms with van der Waals surface area (Å²) in [5, 5.41) is 3.82. The molecule has 0 saturated heterocycles. The van der Waals surface area contributed by atoms with E-state index in [1.54, 1.807) is 24.9 Å². The molecule has 0 saturated carbocycles. The van der Waals surface area contributed by atoms with Crippen LogP contribution in [-0.4, -0.2) is 29.2 Å². The molecule has 3 aromatic rings. The number of aromatic amines is 1. The number of H-pyrrole nitrogens is 1. The van der Waals surface area contributed by atoms with Gasteiger partial charge in [-0.2, -0.15) is 4.98 Å². The van der Waals surface area contributed by atoms with Gasteiger partial charge in [-0.25, -0.2) is 9.78 Å². The molecule has 110 valence electrons. The predicted molar refractivity (Wildman–Crippen MR) is 73.0 cm³/mol. The van der Waals surface area contributed by atoms with E-state index in [0.717, 1.165) is 6.42 Å². The SMILES string of the molecule is Cc1nc(CCCn2cnc3c2c(=O)[nH]c(=O)n3C)no1. The van der Waals surface area contributed by atoms with E-state index in [0.29, 0.717) is 35.8 Å². The summed E-state index contributed by atoms with van der Waals surface area (Å²) in [6.07, 6.45) is 2.92. The second-order valence-corrected chi connectivity index (χ2v) is 4.76. The maximum absolute atomic E-state index is 11.9. The second-order valence-electron chi connectivity index (χ2n) is 4.76. The molecule has 0 aliphatic rings. The van der Waals surface area contributed by atoms with Crippen LogP contribution in [0.4, 0.5) is 0 Å². The van der Waals surface area contributed by atoms with E-state index in [1.165, 1.54) is 4.57 Å². The van der Waals surface area contributed by atoms with Crippen molar-refractivity contribution in [2.24, 2.45) is 7.05 Å². The molecule has 3 aromatic heterocycles. The highest BCUT2D eigenvalue weighted by molar-refractivity contribution is 5.69. The molecule has 3 rings (SSSR count). The number of hydrogen-bond donors (Lipinski definition) is 1. The monoisotopic (exact) mass is 290 g/mol. The molecule has 0 radical (unpaired) electrons. The molecule has 21 heavy (non-hydrogen) atoms. The predicted octanol–water partition coefficient (Wildman–Crippen LogP) is -0.252. The number of nitrogens with one attached hydrogen (secondary N) is 1. The zero-order valence-corrected chi connectivity index (χ0v) is 11.7. The number of hydrogen-bond acceptors (Lipinski definition) is 6. The summed E-state index contributed by atoms with van der Waals surface area (Å²) >= 11 is 0. The third kappa shape index (κ3) is 2.37. The minimum Gasteiger partial charge on any atom is -0.340 e. The van der Waals surface area contributed by atoms with Gasteiger partial charge in [0, 0.05) is 26.9 Å². The summed E-state index contributed by atoms with van der Waals surface area (Å²) in [5.74, 6) is 1.17. The lowest BCUT2D eigenvalue weighted by Gasteiger charge is -2.03. The fourth-order valence-electron chi connectivity index (χ4n) is 2.21. The minimum absolute atomic E-state index is 0.374. The molecular weight excluding hydrogens is 276 g/mol. The number of aryl methyl sites for hydroxylation is 4. The lowest BCUT2D eigenvalue weighted by atomic mass is 10.3. The molecule has 3 heterocycles. The van der Waals surface area contributed by atoms with Crippen LogP contribution in [0.5, 0.6) is 0 Å². The maximum atomic E-state index is 11.9. The summed E-state index contributed by atoms with van der Waals surface area (Å²) in [7, 11) is 1.57. The Morgan fingerprint density at radius 3 is 2.90 bits per heavy atom. The van der Waals surface area contributed by atoms with Crippen molar-refractivity contribution in [1.82, 2.24) is 29.2 Å². The molecule has 0 aliphatic heterocycles. The topological polar surface area (TPSA) is 112 Å². The fraction of sp³-hybridized carbons (Fsp3) is 0.417. The van der Waals surface area contributed by atoms with E-state index >= 15 is 0 Å². The average molecular weight is 290 g/mol. The Morgan fingerprint density at radius 2 is 2.19 bits per heavy atom. The van der Waals surface area contributed by atoms with E-state index in [2.05, 4.69) is 20.1 Å². The smallest absolute Gasteiger partial charge is 0.329 e. The van der Waals surface area contributed by atoms with Gasteiger partial charge in [0.15, 0.2) is 17.0 Å². The first-order chi connectivity index (χ1) is 10.1. The molecule has 0 aromatic carbocycles. The lowest BCUT2D eigenvalue weighted by molar-refractivity contribution is 0.386. The molecule has 1 N–H and O–H groups in total. The zero-order valence-electron chi connectivity index (χ0n) is 11.7. The summed E-state index contributed by atoms with van der Waals surface area (Å²) in [4.78, 5) is 33.9. The molecule has 9 nitrogen and oxygen atoms in total. The molecule has 0 amide bonds. The van der Waals surface area contributed by atoms with Crippen LogP contribution in [0.1, 0.15) is 18.1 Å². The quantitative estimate of drug-likeness (QED) is 0.709. The van der Waals surface area contributed by atoms with Crippen LogP contribution < -0.4 is 11.2 Å². The van der Waals surface area contributed by atoms with Gasteiger partial charge in [-0.15, -0.1) is 0 Å². The van der Waals surface area contributed by atoms with Gasteiger partial charge in [0.25, 0.3) is 5.56 Å². The van der Waals surface area contributed by atoms with Gasteiger partial charge < -0.3 is 9.09 Å². The van der Waals surface area contributed by atoms with Crippen LogP contribution in [0, 0.1) is 6.92 Å². The Hall–Kier alpha value is -2.71. The van der Waals surface area contributed by atoms with Crippen molar-refractivity contribution in [3.05, 3.63) is 38.9 Å². The van der Waals surface area contributed by atoms with Crippen LogP contribution in [0.2, 0.25) is 0 Å². The Balaban J connectivity index is 1.83. The molecule has 0 spiro atoms. The van der Waals surface area contributed by atoms with E-state index in [1.807, 2.05) is 0 Å². The standard InChI is InChI=1S/C12H14N6O3/c1-7-14-8(16-21-7)4-3-5-18-6-13-10-9(18)11(19)15-12(20)17(10)2/h6H,3-5H2,1-2H3,(H,15,19,20). The maximum Gasteiger partial charge on any atom is 0.329 e. The Labute approximate surface area is 118 Å². The molecular formula is C12H14N6O3. The fourth-order valence-corrected chi connectivity index (χ4v) is 2.21. The van der Waals surface area contributed by atoms with Crippen LogP contribution in [-0.2, 0) is 20.0 Å². The van der Waals surface area contributed by atoms with Crippen LogP contribution in [0.15, 0.2) is 20.4 Å². The van der Waals surface area contributed by atoms with Crippen molar-refractivity contribution >= 4 is 11.2 Å². The first-order valence-corrected chi connectivity index (χ1v) is 6.49. The molecule has 0 fully saturated rings. The van der Waals surface area contributed by atoms with Gasteiger partial charge in [-0.05, 0) is 6.42 Å². The van der Waals surface area contributed by atoms with E-state index in [-0.39, 0.29) is 0 Å². The highest BCUT2D eigenvalue weighted by Gasteiger charge is 2.11. The first kappa shape index (κ1) is 13.3. The van der Waals surface area contributed by atoms with Crippen molar-refractivity contribution in [1.29, 1.82) is 0 Å².